The summed E-state index contributed by atoms with van der Waals surface area (Å²) in [6.07, 6.45) is 1.55. The fourth-order valence-corrected chi connectivity index (χ4v) is 2.09. The van der Waals surface area contributed by atoms with Crippen LogP contribution in [0.4, 0.5) is 5.82 Å². The zero-order valence-corrected chi connectivity index (χ0v) is 11.0. The minimum atomic E-state index is -0.295. The van der Waals surface area contributed by atoms with E-state index in [1.165, 1.54) is 0 Å². The van der Waals surface area contributed by atoms with E-state index in [4.69, 9.17) is 22.1 Å². The van der Waals surface area contributed by atoms with E-state index >= 15 is 0 Å². The topological polar surface area (TPSA) is 77.2 Å². The Morgan fingerprint density at radius 2 is 2.17 bits per heavy atom. The molecule has 1 aliphatic heterocycles. The van der Waals surface area contributed by atoms with Gasteiger partial charge in [-0.25, -0.2) is 4.98 Å². The van der Waals surface area contributed by atoms with Crippen LogP contribution in [0, 0.1) is 0 Å². The summed E-state index contributed by atoms with van der Waals surface area (Å²) in [4.78, 5) is 16.1. The minimum absolute atomic E-state index is 0.171. The highest BCUT2D eigenvalue weighted by atomic mass is 35.5. The van der Waals surface area contributed by atoms with Gasteiger partial charge in [-0.1, -0.05) is 11.6 Å². The van der Waals surface area contributed by atoms with Gasteiger partial charge in [-0.3, -0.25) is 4.79 Å². The van der Waals surface area contributed by atoms with Gasteiger partial charge in [0.1, 0.15) is 11.5 Å². The van der Waals surface area contributed by atoms with Crippen LogP contribution in [0.15, 0.2) is 12.1 Å². The van der Waals surface area contributed by atoms with Crippen LogP contribution in [0.25, 0.3) is 0 Å². The third-order valence-corrected chi connectivity index (χ3v) is 3.40. The lowest BCUT2D eigenvalue weighted by Gasteiger charge is -2.34. The Balaban J connectivity index is 2.14. The van der Waals surface area contributed by atoms with Gasteiger partial charge in [0.2, 0.25) is 0 Å². The lowest BCUT2D eigenvalue weighted by Crippen LogP contribution is -2.49. The molecule has 0 radical (unpaired) electrons. The highest BCUT2D eigenvalue weighted by molar-refractivity contribution is 6.33. The SMILES string of the molecule is CC1(NC(=O)c2nc(N)ccc2Cl)CCOCC1. The van der Waals surface area contributed by atoms with Gasteiger partial charge < -0.3 is 15.8 Å². The standard InChI is InChI=1S/C12H16ClN3O2/c1-12(4-6-18-7-5-12)16-11(17)10-8(13)2-3-9(14)15-10/h2-3H,4-7H2,1H3,(H2,14,15)(H,16,17). The van der Waals surface area contributed by atoms with Gasteiger partial charge in [-0.15, -0.1) is 0 Å². The van der Waals surface area contributed by atoms with Gasteiger partial charge in [0.05, 0.1) is 5.02 Å². The normalized spacial score (nSPS) is 18.3. The van der Waals surface area contributed by atoms with Crippen molar-refractivity contribution in [2.45, 2.75) is 25.3 Å². The van der Waals surface area contributed by atoms with E-state index in [0.717, 1.165) is 12.8 Å². The number of nitrogens with zero attached hydrogens (tertiary/aromatic N) is 1. The summed E-state index contributed by atoms with van der Waals surface area (Å²) in [7, 11) is 0. The first kappa shape index (κ1) is 13.1. The fourth-order valence-electron chi connectivity index (χ4n) is 1.90. The van der Waals surface area contributed by atoms with E-state index < -0.39 is 0 Å². The number of nitrogens with one attached hydrogen (secondary N) is 1. The van der Waals surface area contributed by atoms with Crippen molar-refractivity contribution in [1.82, 2.24) is 10.3 Å². The van der Waals surface area contributed by atoms with Crippen molar-refractivity contribution in [2.75, 3.05) is 18.9 Å². The molecule has 1 aromatic heterocycles. The second kappa shape index (κ2) is 5.12. The number of anilines is 1. The minimum Gasteiger partial charge on any atom is -0.384 e. The van der Waals surface area contributed by atoms with E-state index in [9.17, 15) is 4.79 Å². The largest absolute Gasteiger partial charge is 0.384 e. The average Bonchev–Trinajstić information content (AvgIpc) is 2.32. The first-order chi connectivity index (χ1) is 8.50. The summed E-state index contributed by atoms with van der Waals surface area (Å²) in [5.74, 6) is -0.0154. The molecule has 1 aliphatic rings. The lowest BCUT2D eigenvalue weighted by atomic mass is 9.92. The molecule has 0 spiro atoms. The second-order valence-electron chi connectivity index (χ2n) is 4.69. The van der Waals surface area contributed by atoms with Crippen LogP contribution in [0.3, 0.4) is 0 Å². The van der Waals surface area contributed by atoms with E-state index in [1.54, 1.807) is 12.1 Å². The monoisotopic (exact) mass is 269 g/mol. The number of carbonyl (C=O) groups is 1. The molecule has 1 fully saturated rings. The summed E-state index contributed by atoms with van der Waals surface area (Å²) >= 11 is 5.95. The third kappa shape index (κ3) is 2.91. The van der Waals surface area contributed by atoms with Crippen LogP contribution in [0.1, 0.15) is 30.3 Å². The van der Waals surface area contributed by atoms with Crippen molar-refractivity contribution in [2.24, 2.45) is 0 Å². The Hall–Kier alpha value is -1.33. The van der Waals surface area contributed by atoms with Crippen molar-refractivity contribution < 1.29 is 9.53 Å². The highest BCUT2D eigenvalue weighted by Crippen LogP contribution is 2.22. The quantitative estimate of drug-likeness (QED) is 0.855. The van der Waals surface area contributed by atoms with Crippen molar-refractivity contribution >= 4 is 23.3 Å². The van der Waals surface area contributed by atoms with Crippen LogP contribution in [0.2, 0.25) is 5.02 Å². The second-order valence-corrected chi connectivity index (χ2v) is 5.10. The molecule has 0 unspecified atom stereocenters. The maximum Gasteiger partial charge on any atom is 0.271 e. The fraction of sp³-hybridized carbons (Fsp3) is 0.500. The van der Waals surface area contributed by atoms with Crippen molar-refractivity contribution in [3.8, 4) is 0 Å². The van der Waals surface area contributed by atoms with Crippen LogP contribution in [-0.4, -0.2) is 29.6 Å². The van der Waals surface area contributed by atoms with E-state index in [1.807, 2.05) is 6.92 Å². The Kier molecular flexibility index (Phi) is 3.73. The van der Waals surface area contributed by atoms with E-state index in [-0.39, 0.29) is 23.0 Å². The Morgan fingerprint density at radius 1 is 1.50 bits per heavy atom. The average molecular weight is 270 g/mol. The molecule has 18 heavy (non-hydrogen) atoms. The predicted octanol–water partition coefficient (Wildman–Crippen LogP) is 1.62. The zero-order chi connectivity index (χ0) is 13.2. The number of halogens is 1. The Morgan fingerprint density at radius 3 is 2.83 bits per heavy atom. The number of nitrogens with two attached hydrogens (primary N) is 1. The molecular formula is C12H16ClN3O2. The van der Waals surface area contributed by atoms with Gasteiger partial charge in [-0.2, -0.15) is 0 Å². The predicted molar refractivity (Wildman–Crippen MR) is 69.6 cm³/mol. The van der Waals surface area contributed by atoms with Gasteiger partial charge in [0, 0.05) is 18.8 Å². The van der Waals surface area contributed by atoms with Gasteiger partial charge in [-0.05, 0) is 31.9 Å². The molecule has 1 saturated heterocycles. The van der Waals surface area contributed by atoms with Crippen LogP contribution in [-0.2, 0) is 4.74 Å². The Labute approximate surface area is 111 Å². The van der Waals surface area contributed by atoms with E-state index in [0.29, 0.717) is 18.2 Å². The molecule has 2 rings (SSSR count). The number of rotatable bonds is 2. The van der Waals surface area contributed by atoms with Crippen LogP contribution in [0.5, 0.6) is 0 Å². The molecule has 98 valence electrons. The maximum absolute atomic E-state index is 12.1. The first-order valence-corrected chi connectivity index (χ1v) is 6.20. The lowest BCUT2D eigenvalue weighted by molar-refractivity contribution is 0.0421. The zero-order valence-electron chi connectivity index (χ0n) is 10.2. The molecule has 2 heterocycles. The summed E-state index contributed by atoms with van der Waals surface area (Å²) in [6.45, 7) is 3.29. The molecule has 1 aromatic rings. The summed E-state index contributed by atoms with van der Waals surface area (Å²) in [6, 6.07) is 3.14. The number of pyridine rings is 1. The molecule has 0 aromatic carbocycles. The number of carbonyl (C=O) groups excluding carboxylic acids is 1. The smallest absolute Gasteiger partial charge is 0.271 e. The van der Waals surface area contributed by atoms with Crippen LogP contribution < -0.4 is 11.1 Å². The molecule has 0 saturated carbocycles. The number of aromatic nitrogens is 1. The van der Waals surface area contributed by atoms with Gasteiger partial charge >= 0.3 is 0 Å². The Bertz CT molecular complexity index is 459. The number of hydrogen-bond donors (Lipinski definition) is 2. The van der Waals surface area contributed by atoms with Crippen molar-refractivity contribution in [3.05, 3.63) is 22.8 Å². The highest BCUT2D eigenvalue weighted by Gasteiger charge is 2.30. The molecule has 6 heteroatoms. The van der Waals surface area contributed by atoms with Gasteiger partial charge in [0.15, 0.2) is 0 Å². The van der Waals surface area contributed by atoms with Crippen molar-refractivity contribution in [3.63, 3.8) is 0 Å². The number of nitrogen functional groups attached to an aromatic ring is 1. The maximum atomic E-state index is 12.1. The van der Waals surface area contributed by atoms with Gasteiger partial charge in [0.25, 0.3) is 5.91 Å². The summed E-state index contributed by atoms with van der Waals surface area (Å²) < 4.78 is 5.28. The number of ether oxygens (including phenoxy) is 1. The summed E-state index contributed by atoms with van der Waals surface area (Å²) in [5, 5.41) is 3.26. The molecule has 0 aliphatic carbocycles. The van der Waals surface area contributed by atoms with Crippen molar-refractivity contribution in [1.29, 1.82) is 0 Å². The van der Waals surface area contributed by atoms with E-state index in [2.05, 4.69) is 10.3 Å². The number of amides is 1. The molecular weight excluding hydrogens is 254 g/mol. The summed E-state index contributed by atoms with van der Waals surface area (Å²) in [5.41, 5.74) is 5.46. The molecule has 0 atom stereocenters. The first-order valence-electron chi connectivity index (χ1n) is 5.82. The number of hydrogen-bond acceptors (Lipinski definition) is 4. The third-order valence-electron chi connectivity index (χ3n) is 3.09. The molecule has 3 N–H and O–H groups in total. The molecule has 5 nitrogen and oxygen atoms in total. The van der Waals surface area contributed by atoms with Crippen LogP contribution >= 0.6 is 11.6 Å². The molecule has 0 bridgehead atoms. The molecule has 1 amide bonds.